The van der Waals surface area contributed by atoms with Gasteiger partial charge in [0.05, 0.1) is 12.0 Å². The fourth-order valence-corrected chi connectivity index (χ4v) is 5.13. The van der Waals surface area contributed by atoms with Crippen LogP contribution in [0, 0.1) is 5.92 Å². The number of imide groups is 1. The second-order valence-electron chi connectivity index (χ2n) is 8.80. The number of rotatable bonds is 5. The number of fused-ring (bicyclic) bond motifs is 1. The van der Waals surface area contributed by atoms with E-state index in [1.165, 1.54) is 9.96 Å². The van der Waals surface area contributed by atoms with Crippen molar-refractivity contribution in [1.29, 1.82) is 0 Å². The topological polar surface area (TPSA) is 79.0 Å². The van der Waals surface area contributed by atoms with Gasteiger partial charge in [-0.1, -0.05) is 43.0 Å². The van der Waals surface area contributed by atoms with E-state index in [-0.39, 0.29) is 36.3 Å². The summed E-state index contributed by atoms with van der Waals surface area (Å²) >= 11 is 6.05. The van der Waals surface area contributed by atoms with Gasteiger partial charge in [-0.3, -0.25) is 24.1 Å². The zero-order chi connectivity index (χ0) is 20.8. The third-order valence-corrected chi connectivity index (χ3v) is 6.87. The zero-order valence-electron chi connectivity index (χ0n) is 16.8. The SMILES string of the molecule is O=C(CN1OC2C(=O)N(C3CCCCC3)C(=O)C2C1c1ccc(Cl)cc1)NC1CC1. The van der Waals surface area contributed by atoms with Gasteiger partial charge in [0.1, 0.15) is 6.54 Å². The van der Waals surface area contributed by atoms with Crippen molar-refractivity contribution in [3.8, 4) is 0 Å². The van der Waals surface area contributed by atoms with Gasteiger partial charge in [-0.15, -0.1) is 0 Å². The van der Waals surface area contributed by atoms with Gasteiger partial charge in [0.25, 0.3) is 5.91 Å². The predicted octanol–water partition coefficient (Wildman–Crippen LogP) is 2.59. The fraction of sp³-hybridized carbons (Fsp3) is 0.591. The summed E-state index contributed by atoms with van der Waals surface area (Å²) < 4.78 is 0. The minimum atomic E-state index is -0.867. The monoisotopic (exact) mass is 431 g/mol. The Morgan fingerprint density at radius 1 is 1.03 bits per heavy atom. The molecule has 0 bridgehead atoms. The van der Waals surface area contributed by atoms with Crippen LogP contribution in [0.4, 0.5) is 0 Å². The van der Waals surface area contributed by atoms with E-state index in [0.717, 1.165) is 50.5 Å². The van der Waals surface area contributed by atoms with E-state index in [4.69, 9.17) is 16.4 Å². The van der Waals surface area contributed by atoms with E-state index in [1.807, 2.05) is 12.1 Å². The lowest BCUT2D eigenvalue weighted by Crippen LogP contribution is -2.45. The number of amides is 3. The highest BCUT2D eigenvalue weighted by Gasteiger charge is 2.60. The molecule has 30 heavy (non-hydrogen) atoms. The van der Waals surface area contributed by atoms with Crippen molar-refractivity contribution in [2.24, 2.45) is 5.92 Å². The molecule has 1 aromatic carbocycles. The largest absolute Gasteiger partial charge is 0.352 e. The lowest BCUT2D eigenvalue weighted by atomic mass is 9.90. The third-order valence-electron chi connectivity index (χ3n) is 6.62. The predicted molar refractivity (Wildman–Crippen MR) is 109 cm³/mol. The van der Waals surface area contributed by atoms with E-state index in [2.05, 4.69) is 5.32 Å². The summed E-state index contributed by atoms with van der Waals surface area (Å²) in [6, 6.07) is 6.89. The van der Waals surface area contributed by atoms with Gasteiger partial charge in [0, 0.05) is 17.1 Å². The van der Waals surface area contributed by atoms with E-state index >= 15 is 0 Å². The van der Waals surface area contributed by atoms with Crippen LogP contribution in [0.2, 0.25) is 5.02 Å². The number of likely N-dealkylation sites (tertiary alicyclic amines) is 1. The van der Waals surface area contributed by atoms with Crippen molar-refractivity contribution in [1.82, 2.24) is 15.3 Å². The molecule has 8 heteroatoms. The maximum absolute atomic E-state index is 13.4. The normalized spacial score (nSPS) is 30.0. The molecule has 4 fully saturated rings. The first-order valence-electron chi connectivity index (χ1n) is 10.9. The third kappa shape index (κ3) is 3.63. The molecular formula is C22H26ClN3O4. The number of hydrogen-bond acceptors (Lipinski definition) is 5. The number of nitrogens with one attached hydrogen (secondary N) is 1. The Bertz CT molecular complexity index is 850. The van der Waals surface area contributed by atoms with Gasteiger partial charge in [-0.05, 0) is 43.4 Å². The minimum Gasteiger partial charge on any atom is -0.352 e. The van der Waals surface area contributed by atoms with Gasteiger partial charge in [-0.2, -0.15) is 5.06 Å². The van der Waals surface area contributed by atoms with Crippen LogP contribution in [-0.2, 0) is 19.2 Å². The number of hydroxylamine groups is 2. The van der Waals surface area contributed by atoms with Crippen LogP contribution < -0.4 is 5.32 Å². The minimum absolute atomic E-state index is 0.0131. The van der Waals surface area contributed by atoms with Gasteiger partial charge in [0.2, 0.25) is 11.8 Å². The molecule has 2 aliphatic carbocycles. The number of carbonyl (C=O) groups is 3. The Balaban J connectivity index is 1.42. The molecule has 2 saturated heterocycles. The molecule has 2 saturated carbocycles. The van der Waals surface area contributed by atoms with Crippen molar-refractivity contribution in [3.63, 3.8) is 0 Å². The summed E-state index contributed by atoms with van der Waals surface area (Å²) in [5.41, 5.74) is 0.817. The Morgan fingerprint density at radius 2 is 1.73 bits per heavy atom. The maximum atomic E-state index is 13.4. The van der Waals surface area contributed by atoms with Crippen molar-refractivity contribution in [3.05, 3.63) is 34.9 Å². The summed E-state index contributed by atoms with van der Waals surface area (Å²) in [7, 11) is 0. The van der Waals surface area contributed by atoms with Crippen LogP contribution >= 0.6 is 11.6 Å². The van der Waals surface area contributed by atoms with Crippen LogP contribution in [0.1, 0.15) is 56.6 Å². The Kier molecular flexibility index (Phi) is 5.29. The second-order valence-corrected chi connectivity index (χ2v) is 9.24. The molecule has 160 valence electrons. The van der Waals surface area contributed by atoms with Crippen molar-refractivity contribution >= 4 is 29.3 Å². The fourth-order valence-electron chi connectivity index (χ4n) is 5.00. The average Bonchev–Trinajstić information content (AvgIpc) is 3.42. The lowest BCUT2D eigenvalue weighted by molar-refractivity contribution is -0.184. The van der Waals surface area contributed by atoms with Crippen molar-refractivity contribution in [2.45, 2.75) is 69.2 Å². The average molecular weight is 432 g/mol. The summed E-state index contributed by atoms with van der Waals surface area (Å²) in [4.78, 5) is 46.5. The van der Waals surface area contributed by atoms with Crippen LogP contribution in [0.5, 0.6) is 0 Å². The van der Waals surface area contributed by atoms with Crippen LogP contribution in [0.25, 0.3) is 0 Å². The zero-order valence-corrected chi connectivity index (χ0v) is 17.5. The lowest BCUT2D eigenvalue weighted by Gasteiger charge is -2.32. The Labute approximate surface area is 180 Å². The van der Waals surface area contributed by atoms with Gasteiger partial charge < -0.3 is 5.32 Å². The molecule has 0 radical (unpaired) electrons. The molecule has 1 aromatic rings. The summed E-state index contributed by atoms with van der Waals surface area (Å²) in [5, 5.41) is 5.05. The number of nitrogens with zero attached hydrogens (tertiary/aromatic N) is 2. The number of hydrogen-bond donors (Lipinski definition) is 1. The van der Waals surface area contributed by atoms with Gasteiger partial charge in [-0.25, -0.2) is 0 Å². The molecule has 2 aliphatic heterocycles. The van der Waals surface area contributed by atoms with Crippen molar-refractivity contribution < 1.29 is 19.2 Å². The highest BCUT2D eigenvalue weighted by molar-refractivity contribution is 6.30. The Morgan fingerprint density at radius 3 is 2.40 bits per heavy atom. The molecule has 3 amide bonds. The maximum Gasteiger partial charge on any atom is 0.261 e. The number of halogens is 1. The van der Waals surface area contributed by atoms with Crippen LogP contribution in [0.3, 0.4) is 0 Å². The van der Waals surface area contributed by atoms with Crippen LogP contribution in [0.15, 0.2) is 24.3 Å². The molecule has 1 N–H and O–H groups in total. The molecular weight excluding hydrogens is 406 g/mol. The quantitative estimate of drug-likeness (QED) is 0.725. The second kappa shape index (κ2) is 7.94. The van der Waals surface area contributed by atoms with Gasteiger partial charge in [0.15, 0.2) is 6.10 Å². The highest BCUT2D eigenvalue weighted by atomic mass is 35.5. The van der Waals surface area contributed by atoms with Gasteiger partial charge >= 0.3 is 0 Å². The first-order valence-corrected chi connectivity index (χ1v) is 11.3. The summed E-state index contributed by atoms with van der Waals surface area (Å²) in [5.74, 6) is -1.24. The molecule has 7 nitrogen and oxygen atoms in total. The molecule has 0 aromatic heterocycles. The van der Waals surface area contributed by atoms with E-state index in [1.54, 1.807) is 12.1 Å². The van der Waals surface area contributed by atoms with E-state index < -0.39 is 18.1 Å². The number of carbonyl (C=O) groups excluding carboxylic acids is 3. The first kappa shape index (κ1) is 20.0. The summed E-state index contributed by atoms with van der Waals surface area (Å²) in [6.07, 6.45) is 6.04. The van der Waals surface area contributed by atoms with E-state index in [0.29, 0.717) is 5.02 Å². The standard InChI is InChI=1S/C22H26ClN3O4/c23-14-8-6-13(7-9-14)19-18-20(30-25(19)12-17(27)24-15-10-11-15)22(29)26(21(18)28)16-4-2-1-3-5-16/h6-9,15-16,18-20H,1-5,10-12H2,(H,24,27). The van der Waals surface area contributed by atoms with Crippen molar-refractivity contribution in [2.75, 3.05) is 6.54 Å². The Hall–Kier alpha value is -1.96. The first-order chi connectivity index (χ1) is 14.5. The van der Waals surface area contributed by atoms with Crippen LogP contribution in [-0.4, -0.2) is 52.4 Å². The molecule has 4 aliphatic rings. The molecule has 0 spiro atoms. The smallest absolute Gasteiger partial charge is 0.261 e. The molecule has 3 unspecified atom stereocenters. The molecule has 3 atom stereocenters. The summed E-state index contributed by atoms with van der Waals surface area (Å²) in [6.45, 7) is -0.0131. The highest BCUT2D eigenvalue weighted by Crippen LogP contribution is 2.46. The van der Waals surface area contributed by atoms with E-state index in [9.17, 15) is 14.4 Å². The molecule has 5 rings (SSSR count). The number of benzene rings is 1. The molecule has 2 heterocycles.